The Hall–Kier alpha value is -2.08. The summed E-state index contributed by atoms with van der Waals surface area (Å²) in [5.74, 6) is 0.300. The number of amides is 3. The third-order valence-electron chi connectivity index (χ3n) is 3.27. The van der Waals surface area contributed by atoms with E-state index in [9.17, 15) is 14.7 Å². The number of aliphatic hydroxyl groups excluding tert-OH is 1. The molecule has 114 valence electrons. The van der Waals surface area contributed by atoms with Crippen molar-refractivity contribution in [3.05, 3.63) is 29.8 Å². The topological polar surface area (TPSA) is 78.9 Å². The second kappa shape index (κ2) is 5.73. The van der Waals surface area contributed by atoms with Crippen molar-refractivity contribution in [3.8, 4) is 5.75 Å². The molecule has 0 aliphatic carbocycles. The van der Waals surface area contributed by atoms with Crippen molar-refractivity contribution in [1.29, 1.82) is 0 Å². The standard InChI is InChI=1S/C15H20N2O4/c1-10-5-4-6-12(7-10)21-9-11(18)8-17-13(19)15(2,3)16-14(17)20/h4-7,11,18H,8-9H2,1-3H3,(H,16,20). The molecule has 0 radical (unpaired) electrons. The zero-order valence-electron chi connectivity index (χ0n) is 12.4. The number of urea groups is 1. The molecule has 21 heavy (non-hydrogen) atoms. The van der Waals surface area contributed by atoms with Gasteiger partial charge in [-0.2, -0.15) is 0 Å². The summed E-state index contributed by atoms with van der Waals surface area (Å²) in [7, 11) is 0. The van der Waals surface area contributed by atoms with Crippen LogP contribution >= 0.6 is 0 Å². The van der Waals surface area contributed by atoms with E-state index in [0.29, 0.717) is 5.75 Å². The van der Waals surface area contributed by atoms with Crippen molar-refractivity contribution in [2.45, 2.75) is 32.4 Å². The molecule has 2 N–H and O–H groups in total. The number of hydrogen-bond donors (Lipinski definition) is 2. The number of hydrogen-bond acceptors (Lipinski definition) is 4. The Balaban J connectivity index is 1.89. The van der Waals surface area contributed by atoms with Crippen LogP contribution in [-0.2, 0) is 4.79 Å². The summed E-state index contributed by atoms with van der Waals surface area (Å²) in [6.45, 7) is 5.13. The van der Waals surface area contributed by atoms with E-state index in [0.717, 1.165) is 10.5 Å². The number of nitrogens with one attached hydrogen (secondary N) is 1. The number of imide groups is 1. The van der Waals surface area contributed by atoms with E-state index in [-0.39, 0.29) is 19.1 Å². The number of nitrogens with zero attached hydrogens (tertiary/aromatic N) is 1. The number of β-amino-alcohol motifs (C(OH)–C–C–N with tert-alkyl or cyclic N) is 1. The summed E-state index contributed by atoms with van der Waals surface area (Å²) in [5.41, 5.74) is 0.131. The third-order valence-corrected chi connectivity index (χ3v) is 3.27. The maximum absolute atomic E-state index is 12.0. The molecule has 1 aromatic carbocycles. The first kappa shape index (κ1) is 15.3. The number of carbonyl (C=O) groups excluding carboxylic acids is 2. The molecule has 1 aromatic rings. The molecule has 1 heterocycles. The summed E-state index contributed by atoms with van der Waals surface area (Å²) in [4.78, 5) is 24.7. The number of rotatable bonds is 5. The minimum absolute atomic E-state index is 0.0148. The van der Waals surface area contributed by atoms with E-state index < -0.39 is 17.7 Å². The smallest absolute Gasteiger partial charge is 0.325 e. The van der Waals surface area contributed by atoms with Crippen molar-refractivity contribution in [1.82, 2.24) is 10.2 Å². The molecular weight excluding hydrogens is 272 g/mol. The molecule has 1 aliphatic heterocycles. The molecule has 6 heteroatoms. The molecule has 3 amide bonds. The Morgan fingerprint density at radius 3 is 2.67 bits per heavy atom. The molecule has 0 aromatic heterocycles. The number of ether oxygens (including phenoxy) is 1. The van der Waals surface area contributed by atoms with Crippen LogP contribution in [0.4, 0.5) is 4.79 Å². The van der Waals surface area contributed by atoms with Gasteiger partial charge in [-0.15, -0.1) is 0 Å². The lowest BCUT2D eigenvalue weighted by atomic mass is 10.1. The van der Waals surface area contributed by atoms with Gasteiger partial charge in [-0.25, -0.2) is 4.79 Å². The van der Waals surface area contributed by atoms with Gasteiger partial charge in [-0.1, -0.05) is 12.1 Å². The monoisotopic (exact) mass is 292 g/mol. The van der Waals surface area contributed by atoms with Gasteiger partial charge in [-0.3, -0.25) is 9.69 Å². The van der Waals surface area contributed by atoms with Crippen LogP contribution in [-0.4, -0.2) is 46.7 Å². The van der Waals surface area contributed by atoms with Gasteiger partial charge in [0.1, 0.15) is 24.0 Å². The first-order valence-electron chi connectivity index (χ1n) is 6.81. The van der Waals surface area contributed by atoms with E-state index >= 15 is 0 Å². The van der Waals surface area contributed by atoms with E-state index in [1.54, 1.807) is 19.9 Å². The Bertz CT molecular complexity index is 556. The zero-order chi connectivity index (χ0) is 15.6. The van der Waals surface area contributed by atoms with Crippen molar-refractivity contribution >= 4 is 11.9 Å². The SMILES string of the molecule is Cc1cccc(OCC(O)CN2C(=O)NC(C)(C)C2=O)c1. The first-order valence-corrected chi connectivity index (χ1v) is 6.81. The van der Waals surface area contributed by atoms with Gasteiger partial charge >= 0.3 is 6.03 Å². The summed E-state index contributed by atoms with van der Waals surface area (Å²) in [6, 6.07) is 6.95. The molecule has 0 saturated carbocycles. The highest BCUT2D eigenvalue weighted by atomic mass is 16.5. The zero-order valence-corrected chi connectivity index (χ0v) is 12.4. The molecular formula is C15H20N2O4. The van der Waals surface area contributed by atoms with Crippen LogP contribution in [0.1, 0.15) is 19.4 Å². The fourth-order valence-electron chi connectivity index (χ4n) is 2.14. The minimum atomic E-state index is -0.936. The molecule has 2 rings (SSSR count). The van der Waals surface area contributed by atoms with Crippen LogP contribution in [0.2, 0.25) is 0 Å². The molecule has 1 aliphatic rings. The van der Waals surface area contributed by atoms with Crippen LogP contribution in [0.3, 0.4) is 0 Å². The van der Waals surface area contributed by atoms with Crippen LogP contribution in [0.15, 0.2) is 24.3 Å². The maximum atomic E-state index is 12.0. The lowest BCUT2D eigenvalue weighted by Gasteiger charge is -2.19. The predicted octanol–water partition coefficient (Wildman–Crippen LogP) is 1.07. The van der Waals surface area contributed by atoms with Gasteiger partial charge < -0.3 is 15.2 Å². The second-order valence-electron chi connectivity index (χ2n) is 5.75. The molecule has 0 spiro atoms. The van der Waals surface area contributed by atoms with Gasteiger partial charge in [0.25, 0.3) is 5.91 Å². The van der Waals surface area contributed by atoms with Crippen molar-refractivity contribution in [2.75, 3.05) is 13.2 Å². The van der Waals surface area contributed by atoms with E-state index in [1.165, 1.54) is 0 Å². The molecule has 1 atom stereocenters. The highest BCUT2D eigenvalue weighted by Crippen LogP contribution is 2.17. The molecule has 1 fully saturated rings. The Labute approximate surface area is 123 Å². The molecule has 0 bridgehead atoms. The maximum Gasteiger partial charge on any atom is 0.325 e. The van der Waals surface area contributed by atoms with Gasteiger partial charge in [0.05, 0.1) is 6.54 Å². The molecule has 1 unspecified atom stereocenters. The largest absolute Gasteiger partial charge is 0.491 e. The minimum Gasteiger partial charge on any atom is -0.491 e. The van der Waals surface area contributed by atoms with Gasteiger partial charge in [0, 0.05) is 0 Å². The lowest BCUT2D eigenvalue weighted by molar-refractivity contribution is -0.131. The van der Waals surface area contributed by atoms with Crippen LogP contribution in [0.5, 0.6) is 5.75 Å². The fraction of sp³-hybridized carbons (Fsp3) is 0.467. The van der Waals surface area contributed by atoms with E-state index in [4.69, 9.17) is 4.74 Å². The normalized spacial score (nSPS) is 18.6. The Kier molecular flexibility index (Phi) is 4.18. The van der Waals surface area contributed by atoms with Gasteiger partial charge in [0.15, 0.2) is 0 Å². The Morgan fingerprint density at radius 1 is 1.38 bits per heavy atom. The van der Waals surface area contributed by atoms with E-state index in [2.05, 4.69) is 5.32 Å². The predicted molar refractivity (Wildman–Crippen MR) is 77.0 cm³/mol. The summed E-state index contributed by atoms with van der Waals surface area (Å²) < 4.78 is 5.46. The van der Waals surface area contributed by atoms with Crippen LogP contribution in [0, 0.1) is 6.92 Å². The third kappa shape index (κ3) is 3.52. The molecule has 6 nitrogen and oxygen atoms in total. The lowest BCUT2D eigenvalue weighted by Crippen LogP contribution is -2.42. The number of benzene rings is 1. The van der Waals surface area contributed by atoms with Gasteiger partial charge in [0.2, 0.25) is 0 Å². The fourth-order valence-corrected chi connectivity index (χ4v) is 2.14. The Morgan fingerprint density at radius 2 is 2.10 bits per heavy atom. The summed E-state index contributed by atoms with van der Waals surface area (Å²) in [6.07, 6.45) is -0.936. The number of aliphatic hydroxyl groups is 1. The summed E-state index contributed by atoms with van der Waals surface area (Å²) in [5, 5.41) is 12.5. The number of carbonyl (C=O) groups is 2. The van der Waals surface area contributed by atoms with Crippen molar-refractivity contribution in [2.24, 2.45) is 0 Å². The van der Waals surface area contributed by atoms with Crippen molar-refractivity contribution < 1.29 is 19.4 Å². The number of aryl methyl sites for hydroxylation is 1. The van der Waals surface area contributed by atoms with Gasteiger partial charge in [-0.05, 0) is 38.5 Å². The second-order valence-corrected chi connectivity index (χ2v) is 5.75. The highest BCUT2D eigenvalue weighted by Gasteiger charge is 2.44. The molecule has 1 saturated heterocycles. The highest BCUT2D eigenvalue weighted by molar-refractivity contribution is 6.06. The van der Waals surface area contributed by atoms with Crippen LogP contribution < -0.4 is 10.1 Å². The summed E-state index contributed by atoms with van der Waals surface area (Å²) >= 11 is 0. The average Bonchev–Trinajstić information content (AvgIpc) is 2.59. The van der Waals surface area contributed by atoms with Crippen molar-refractivity contribution in [3.63, 3.8) is 0 Å². The van der Waals surface area contributed by atoms with E-state index in [1.807, 2.05) is 25.1 Å². The quantitative estimate of drug-likeness (QED) is 0.796. The first-order chi connectivity index (χ1) is 9.79. The average molecular weight is 292 g/mol. The van der Waals surface area contributed by atoms with Crippen LogP contribution in [0.25, 0.3) is 0 Å².